The molecule has 0 atom stereocenters. The van der Waals surface area contributed by atoms with Crippen molar-refractivity contribution in [2.45, 2.75) is 38.5 Å². The first-order valence-corrected chi connectivity index (χ1v) is 8.16. The molecular weight excluding hydrogens is 375 g/mol. The molecule has 0 unspecified atom stereocenters. The zero-order chi connectivity index (χ0) is 20.6. The summed E-state index contributed by atoms with van der Waals surface area (Å²) < 4.78 is 75.7. The number of benzene rings is 1. The van der Waals surface area contributed by atoms with Gasteiger partial charge in [-0.05, 0) is 32.9 Å². The van der Waals surface area contributed by atoms with E-state index >= 15 is 0 Å². The lowest BCUT2D eigenvalue weighted by molar-refractivity contribution is -0.289. The fourth-order valence-corrected chi connectivity index (χ4v) is 2.43. The fourth-order valence-electron chi connectivity index (χ4n) is 2.43. The molecule has 0 saturated carbocycles. The van der Waals surface area contributed by atoms with Crippen LogP contribution in [0.5, 0.6) is 5.75 Å². The summed E-state index contributed by atoms with van der Waals surface area (Å²) in [5, 5.41) is 0. The van der Waals surface area contributed by atoms with Crippen LogP contribution in [0.2, 0.25) is 0 Å². The minimum Gasteiger partial charge on any atom is -0.493 e. The van der Waals surface area contributed by atoms with Gasteiger partial charge >= 0.3 is 18.2 Å². The topological polar surface area (TPSA) is 64.8 Å². The third-order valence-electron chi connectivity index (χ3n) is 3.78. The molecule has 2 rings (SSSR count). The molecular formula is C17H21F5N2O3. The molecule has 1 aliphatic heterocycles. The summed E-state index contributed by atoms with van der Waals surface area (Å²) in [5.41, 5.74) is 3.52. The molecule has 0 aromatic heterocycles. The van der Waals surface area contributed by atoms with Crippen LogP contribution in [0, 0.1) is 5.92 Å². The van der Waals surface area contributed by atoms with Gasteiger partial charge in [0.25, 0.3) is 0 Å². The summed E-state index contributed by atoms with van der Waals surface area (Å²) >= 11 is 0. The smallest absolute Gasteiger partial charge is 0.458 e. The highest BCUT2D eigenvalue weighted by atomic mass is 19.4. The van der Waals surface area contributed by atoms with Crippen molar-refractivity contribution in [3.8, 4) is 5.75 Å². The van der Waals surface area contributed by atoms with Crippen molar-refractivity contribution >= 4 is 11.8 Å². The minimum atomic E-state index is -5.76. The largest absolute Gasteiger partial charge is 0.493 e. The molecule has 1 amide bonds. The summed E-state index contributed by atoms with van der Waals surface area (Å²) in [6.45, 7) is 5.52. The summed E-state index contributed by atoms with van der Waals surface area (Å²) in [7, 11) is 0. The predicted octanol–water partition coefficient (Wildman–Crippen LogP) is 4.17. The predicted molar refractivity (Wildman–Crippen MR) is 87.6 cm³/mol. The summed E-state index contributed by atoms with van der Waals surface area (Å²) in [4.78, 5) is 13.2. The second-order valence-corrected chi connectivity index (χ2v) is 7.39. The van der Waals surface area contributed by atoms with Crippen molar-refractivity contribution in [2.75, 3.05) is 25.4 Å². The van der Waals surface area contributed by atoms with Gasteiger partial charge in [0.1, 0.15) is 11.4 Å². The quantitative estimate of drug-likeness (QED) is 0.613. The van der Waals surface area contributed by atoms with Crippen LogP contribution in [0.3, 0.4) is 0 Å². The van der Waals surface area contributed by atoms with Gasteiger partial charge in [-0.25, -0.2) is 4.79 Å². The van der Waals surface area contributed by atoms with Gasteiger partial charge in [-0.1, -0.05) is 0 Å². The van der Waals surface area contributed by atoms with Crippen molar-refractivity contribution in [2.24, 2.45) is 5.92 Å². The van der Waals surface area contributed by atoms with Crippen molar-refractivity contribution in [3.05, 3.63) is 23.8 Å². The second-order valence-electron chi connectivity index (χ2n) is 7.39. The van der Waals surface area contributed by atoms with Crippen LogP contribution >= 0.6 is 0 Å². The molecule has 2 N–H and O–H groups in total. The Hall–Kier alpha value is -2.26. The Morgan fingerprint density at radius 2 is 1.78 bits per heavy atom. The van der Waals surface area contributed by atoms with E-state index in [1.807, 2.05) is 0 Å². The maximum absolute atomic E-state index is 13.7. The first kappa shape index (κ1) is 21.0. The maximum Gasteiger partial charge on any atom is 0.458 e. The van der Waals surface area contributed by atoms with Gasteiger partial charge in [0.2, 0.25) is 0 Å². The Morgan fingerprint density at radius 1 is 1.19 bits per heavy atom. The van der Waals surface area contributed by atoms with Gasteiger partial charge in [0.15, 0.2) is 0 Å². The van der Waals surface area contributed by atoms with Crippen LogP contribution in [0.15, 0.2) is 18.2 Å². The van der Waals surface area contributed by atoms with Crippen LogP contribution < -0.4 is 10.5 Å². The number of carbonyl (C=O) groups is 1. The van der Waals surface area contributed by atoms with Crippen molar-refractivity contribution in [1.29, 1.82) is 0 Å². The SMILES string of the molecule is CC(C)(C)OC(=O)N1CC(COc2cc(N)ccc2C(F)(F)C(F)(F)F)C1. The maximum atomic E-state index is 13.7. The van der Waals surface area contributed by atoms with E-state index < -0.39 is 35.1 Å². The number of nitrogens with two attached hydrogens (primary N) is 1. The minimum absolute atomic E-state index is 0.00397. The third-order valence-corrected chi connectivity index (χ3v) is 3.78. The van der Waals surface area contributed by atoms with Gasteiger partial charge in [0.05, 0.1) is 12.2 Å². The molecule has 0 aliphatic carbocycles. The molecule has 1 heterocycles. The van der Waals surface area contributed by atoms with E-state index in [-0.39, 0.29) is 31.3 Å². The standard InChI is InChI=1S/C17H21F5N2O3/c1-15(2,3)27-14(25)24-7-10(8-24)9-26-13-6-11(23)4-5-12(13)16(18,19)17(20,21)22/h4-6,10H,7-9,23H2,1-3H3. The number of amides is 1. The van der Waals surface area contributed by atoms with E-state index in [0.717, 1.165) is 12.1 Å². The number of halogens is 5. The molecule has 1 aromatic carbocycles. The van der Waals surface area contributed by atoms with Crippen LogP contribution in [0.4, 0.5) is 32.4 Å². The summed E-state index contributed by atoms with van der Waals surface area (Å²) in [6.07, 6.45) is -6.28. The van der Waals surface area contributed by atoms with Gasteiger partial charge in [0, 0.05) is 30.8 Å². The van der Waals surface area contributed by atoms with Gasteiger partial charge in [-0.2, -0.15) is 22.0 Å². The first-order chi connectivity index (χ1) is 12.2. The Labute approximate surface area is 153 Å². The molecule has 27 heavy (non-hydrogen) atoms. The number of hydrogen-bond donors (Lipinski definition) is 1. The number of anilines is 1. The molecule has 0 spiro atoms. The molecule has 152 valence electrons. The summed E-state index contributed by atoms with van der Waals surface area (Å²) in [6, 6.07) is 2.49. The lowest BCUT2D eigenvalue weighted by atomic mass is 10.0. The zero-order valence-corrected chi connectivity index (χ0v) is 15.1. The van der Waals surface area contributed by atoms with Crippen LogP contribution in [-0.2, 0) is 10.7 Å². The average molecular weight is 396 g/mol. The Kier molecular flexibility index (Phi) is 5.49. The first-order valence-electron chi connectivity index (χ1n) is 8.16. The molecule has 1 saturated heterocycles. The fraction of sp³-hybridized carbons (Fsp3) is 0.588. The Balaban J connectivity index is 2.00. The highest BCUT2D eigenvalue weighted by Gasteiger charge is 2.60. The number of nitrogens with zero attached hydrogens (tertiary/aromatic N) is 1. The summed E-state index contributed by atoms with van der Waals surface area (Å²) in [5.74, 6) is -5.92. The lowest BCUT2D eigenvalue weighted by Gasteiger charge is -2.39. The van der Waals surface area contributed by atoms with Crippen molar-refractivity contribution in [1.82, 2.24) is 4.90 Å². The van der Waals surface area contributed by atoms with Crippen LogP contribution in [0.1, 0.15) is 26.3 Å². The Morgan fingerprint density at radius 3 is 2.30 bits per heavy atom. The van der Waals surface area contributed by atoms with E-state index in [9.17, 15) is 26.7 Å². The molecule has 1 aromatic rings. The molecule has 0 radical (unpaired) electrons. The molecule has 1 fully saturated rings. The number of carbonyl (C=O) groups excluding carboxylic acids is 1. The third kappa shape index (κ3) is 4.92. The van der Waals surface area contributed by atoms with Crippen LogP contribution in [0.25, 0.3) is 0 Å². The molecule has 5 nitrogen and oxygen atoms in total. The number of likely N-dealkylation sites (tertiary alicyclic amines) is 1. The van der Waals surface area contributed by atoms with Gasteiger partial charge in [-0.15, -0.1) is 0 Å². The van der Waals surface area contributed by atoms with E-state index in [2.05, 4.69) is 0 Å². The monoisotopic (exact) mass is 396 g/mol. The number of alkyl halides is 5. The normalized spacial score (nSPS) is 16.1. The molecule has 10 heteroatoms. The lowest BCUT2D eigenvalue weighted by Crippen LogP contribution is -2.53. The second kappa shape index (κ2) is 7.05. The number of hydrogen-bond acceptors (Lipinski definition) is 4. The number of ether oxygens (including phenoxy) is 2. The van der Waals surface area contributed by atoms with E-state index in [1.165, 1.54) is 4.90 Å². The van der Waals surface area contributed by atoms with E-state index in [1.54, 1.807) is 20.8 Å². The van der Waals surface area contributed by atoms with Gasteiger partial charge < -0.3 is 20.1 Å². The highest BCUT2D eigenvalue weighted by Crippen LogP contribution is 2.47. The molecule has 0 bridgehead atoms. The van der Waals surface area contributed by atoms with Gasteiger partial charge in [-0.3, -0.25) is 0 Å². The van der Waals surface area contributed by atoms with Crippen molar-refractivity contribution in [3.63, 3.8) is 0 Å². The Bertz CT molecular complexity index is 695. The number of nitrogen functional groups attached to an aromatic ring is 1. The zero-order valence-electron chi connectivity index (χ0n) is 15.1. The van der Waals surface area contributed by atoms with E-state index in [0.29, 0.717) is 6.07 Å². The van der Waals surface area contributed by atoms with Crippen molar-refractivity contribution < 1.29 is 36.2 Å². The number of rotatable bonds is 4. The van der Waals surface area contributed by atoms with E-state index in [4.69, 9.17) is 15.2 Å². The molecule has 1 aliphatic rings. The highest BCUT2D eigenvalue weighted by molar-refractivity contribution is 5.69. The average Bonchev–Trinajstić information content (AvgIpc) is 2.42. The van der Waals surface area contributed by atoms with Crippen LogP contribution in [-0.4, -0.2) is 42.5 Å².